The molecule has 0 bridgehead atoms. The van der Waals surface area contributed by atoms with Crippen LogP contribution in [0.1, 0.15) is 44.9 Å². The molecule has 2 rings (SSSR count). The van der Waals surface area contributed by atoms with Crippen molar-refractivity contribution in [2.24, 2.45) is 10.9 Å². The third-order valence-corrected chi connectivity index (χ3v) is 5.43. The number of hydrogen-bond acceptors (Lipinski definition) is 2. The quantitative estimate of drug-likeness (QED) is 0.608. The van der Waals surface area contributed by atoms with Gasteiger partial charge >= 0.3 is 0 Å². The van der Waals surface area contributed by atoms with Gasteiger partial charge in [-0.05, 0) is 37.4 Å². The van der Waals surface area contributed by atoms with Crippen molar-refractivity contribution in [3.63, 3.8) is 0 Å². The van der Waals surface area contributed by atoms with E-state index in [9.17, 15) is 0 Å². The average molecular weight is 269 g/mol. The van der Waals surface area contributed by atoms with E-state index in [0.29, 0.717) is 0 Å². The Morgan fingerprint density at radius 1 is 1.06 bits per heavy atom. The molecule has 0 aromatic heterocycles. The van der Waals surface area contributed by atoms with Gasteiger partial charge in [0.05, 0.1) is 0 Å². The smallest absolute Gasteiger partial charge is 0.191 e. The largest absolute Gasteiger partial charge is 0.356 e. The molecule has 104 valence electrons. The molecule has 1 unspecified atom stereocenters. The van der Waals surface area contributed by atoms with Crippen molar-refractivity contribution < 1.29 is 0 Å². The highest BCUT2D eigenvalue weighted by Crippen LogP contribution is 2.25. The van der Waals surface area contributed by atoms with Gasteiger partial charge in [0.15, 0.2) is 5.96 Å². The Bertz CT molecular complexity index is 256. The van der Waals surface area contributed by atoms with Gasteiger partial charge in [0.1, 0.15) is 0 Å². The Hall–Kier alpha value is -0.380. The van der Waals surface area contributed by atoms with Crippen molar-refractivity contribution in [3.8, 4) is 0 Å². The van der Waals surface area contributed by atoms with Gasteiger partial charge in [-0.2, -0.15) is 11.8 Å². The van der Waals surface area contributed by atoms with E-state index in [-0.39, 0.29) is 0 Å². The lowest BCUT2D eigenvalue weighted by atomic mass is 9.89. The zero-order valence-corrected chi connectivity index (χ0v) is 12.4. The van der Waals surface area contributed by atoms with Gasteiger partial charge in [0.2, 0.25) is 0 Å². The van der Waals surface area contributed by atoms with Crippen molar-refractivity contribution in [1.82, 2.24) is 10.6 Å². The van der Waals surface area contributed by atoms with Crippen LogP contribution in [0.4, 0.5) is 0 Å². The Kier molecular flexibility index (Phi) is 6.18. The second kappa shape index (κ2) is 7.93. The topological polar surface area (TPSA) is 36.4 Å². The number of aliphatic imine (C=N–C) groups is 1. The molecule has 18 heavy (non-hydrogen) atoms. The number of thioether (sulfide) groups is 1. The highest BCUT2D eigenvalue weighted by molar-refractivity contribution is 8.00. The standard InChI is InChI=1S/C14H27N3S/c1-15-14(17-11-13-8-5-9-18-13)16-10-12-6-3-2-4-7-12/h12-13H,2-11H2,1H3,(H2,15,16,17). The molecular formula is C14H27N3S. The first-order valence-electron chi connectivity index (χ1n) is 7.44. The van der Waals surface area contributed by atoms with Crippen LogP contribution in [0.25, 0.3) is 0 Å². The average Bonchev–Trinajstić information content (AvgIpc) is 2.93. The number of nitrogens with zero attached hydrogens (tertiary/aromatic N) is 1. The summed E-state index contributed by atoms with van der Waals surface area (Å²) in [6.45, 7) is 2.16. The number of rotatable bonds is 4. The Labute approximate surface area is 116 Å². The van der Waals surface area contributed by atoms with Gasteiger partial charge in [-0.15, -0.1) is 0 Å². The lowest BCUT2D eigenvalue weighted by molar-refractivity contribution is 0.356. The molecule has 2 fully saturated rings. The van der Waals surface area contributed by atoms with E-state index in [0.717, 1.165) is 30.2 Å². The van der Waals surface area contributed by atoms with Crippen molar-refractivity contribution in [2.45, 2.75) is 50.2 Å². The fourth-order valence-electron chi connectivity index (χ4n) is 2.87. The molecular weight excluding hydrogens is 242 g/mol. The first-order valence-corrected chi connectivity index (χ1v) is 8.49. The summed E-state index contributed by atoms with van der Waals surface area (Å²) in [6, 6.07) is 0. The van der Waals surface area contributed by atoms with Crippen LogP contribution in [0.3, 0.4) is 0 Å². The molecule has 0 aromatic carbocycles. The molecule has 3 nitrogen and oxygen atoms in total. The summed E-state index contributed by atoms with van der Waals surface area (Å²) in [5.74, 6) is 3.19. The van der Waals surface area contributed by atoms with E-state index in [1.165, 1.54) is 50.7 Å². The predicted molar refractivity (Wildman–Crippen MR) is 81.4 cm³/mol. The molecule has 1 heterocycles. The van der Waals surface area contributed by atoms with E-state index >= 15 is 0 Å². The van der Waals surface area contributed by atoms with Crippen LogP contribution in [-0.4, -0.2) is 37.1 Å². The van der Waals surface area contributed by atoms with Crippen molar-refractivity contribution >= 4 is 17.7 Å². The maximum Gasteiger partial charge on any atom is 0.191 e. The van der Waals surface area contributed by atoms with E-state index in [1.807, 2.05) is 7.05 Å². The molecule has 1 aliphatic carbocycles. The summed E-state index contributed by atoms with van der Waals surface area (Å²) in [4.78, 5) is 4.32. The maximum atomic E-state index is 4.32. The molecule has 1 atom stereocenters. The van der Waals surface area contributed by atoms with Crippen LogP contribution >= 0.6 is 11.8 Å². The third-order valence-electron chi connectivity index (χ3n) is 4.03. The van der Waals surface area contributed by atoms with Gasteiger partial charge in [-0.3, -0.25) is 4.99 Å². The second-order valence-corrected chi connectivity index (χ2v) is 6.88. The monoisotopic (exact) mass is 269 g/mol. The SMILES string of the molecule is CN=C(NCC1CCCCC1)NCC1CCCS1. The molecule has 0 amide bonds. The minimum atomic E-state index is 0.790. The molecule has 4 heteroatoms. The van der Waals surface area contributed by atoms with E-state index in [2.05, 4.69) is 27.4 Å². The lowest BCUT2D eigenvalue weighted by Crippen LogP contribution is -2.42. The van der Waals surface area contributed by atoms with Crippen LogP contribution in [-0.2, 0) is 0 Å². The van der Waals surface area contributed by atoms with Crippen molar-refractivity contribution in [2.75, 3.05) is 25.9 Å². The predicted octanol–water partition coefficient (Wildman–Crippen LogP) is 2.63. The fraction of sp³-hybridized carbons (Fsp3) is 0.929. The lowest BCUT2D eigenvalue weighted by Gasteiger charge is -2.23. The summed E-state index contributed by atoms with van der Waals surface area (Å²) < 4.78 is 0. The zero-order chi connectivity index (χ0) is 12.6. The number of nitrogens with one attached hydrogen (secondary N) is 2. The Balaban J connectivity index is 1.62. The van der Waals surface area contributed by atoms with E-state index < -0.39 is 0 Å². The fourth-order valence-corrected chi connectivity index (χ4v) is 4.07. The Morgan fingerprint density at radius 2 is 1.83 bits per heavy atom. The summed E-state index contributed by atoms with van der Waals surface area (Å²) >= 11 is 2.10. The van der Waals surface area contributed by atoms with Crippen LogP contribution in [0.15, 0.2) is 4.99 Å². The molecule has 1 aliphatic heterocycles. The zero-order valence-electron chi connectivity index (χ0n) is 11.6. The van der Waals surface area contributed by atoms with Gasteiger partial charge in [-0.25, -0.2) is 0 Å². The van der Waals surface area contributed by atoms with E-state index in [4.69, 9.17) is 0 Å². The minimum absolute atomic E-state index is 0.790. The normalized spacial score (nSPS) is 26.3. The number of guanidine groups is 1. The van der Waals surface area contributed by atoms with Gasteiger partial charge in [0.25, 0.3) is 0 Å². The molecule has 2 aliphatic rings. The van der Waals surface area contributed by atoms with Gasteiger partial charge in [-0.1, -0.05) is 19.3 Å². The van der Waals surface area contributed by atoms with Gasteiger partial charge < -0.3 is 10.6 Å². The molecule has 0 aromatic rings. The van der Waals surface area contributed by atoms with Crippen LogP contribution in [0.2, 0.25) is 0 Å². The van der Waals surface area contributed by atoms with Crippen LogP contribution in [0, 0.1) is 5.92 Å². The van der Waals surface area contributed by atoms with E-state index in [1.54, 1.807) is 0 Å². The van der Waals surface area contributed by atoms with Crippen molar-refractivity contribution in [3.05, 3.63) is 0 Å². The molecule has 1 saturated carbocycles. The summed E-state index contributed by atoms with van der Waals surface area (Å²) in [5.41, 5.74) is 0. The maximum absolute atomic E-state index is 4.32. The van der Waals surface area contributed by atoms with Crippen LogP contribution < -0.4 is 10.6 Å². The second-order valence-electron chi connectivity index (χ2n) is 5.47. The van der Waals surface area contributed by atoms with Crippen LogP contribution in [0.5, 0.6) is 0 Å². The molecule has 0 spiro atoms. The highest BCUT2D eigenvalue weighted by atomic mass is 32.2. The highest BCUT2D eigenvalue weighted by Gasteiger charge is 2.16. The molecule has 2 N–H and O–H groups in total. The first kappa shape index (κ1) is 14.0. The summed E-state index contributed by atoms with van der Waals surface area (Å²) in [6.07, 6.45) is 9.78. The summed E-state index contributed by atoms with van der Waals surface area (Å²) in [7, 11) is 1.87. The van der Waals surface area contributed by atoms with Crippen molar-refractivity contribution in [1.29, 1.82) is 0 Å². The Morgan fingerprint density at radius 3 is 2.50 bits per heavy atom. The molecule has 0 radical (unpaired) electrons. The first-order chi connectivity index (χ1) is 8.88. The number of hydrogen-bond donors (Lipinski definition) is 2. The minimum Gasteiger partial charge on any atom is -0.356 e. The van der Waals surface area contributed by atoms with Gasteiger partial charge in [0, 0.05) is 25.4 Å². The third kappa shape index (κ3) is 4.71. The summed E-state index contributed by atoms with van der Waals surface area (Å²) in [5, 5.41) is 7.75. The molecule has 1 saturated heterocycles.